The number of carbonyl (C=O) groups is 1. The maximum atomic E-state index is 10.3. The SMILES string of the molecule is CC(OCCC(C)(C)C#N)C(=O)O. The molecule has 0 aliphatic carbocycles. The lowest BCUT2D eigenvalue weighted by atomic mass is 9.92. The van der Waals surface area contributed by atoms with Crippen LogP contribution in [0.5, 0.6) is 0 Å². The number of rotatable bonds is 5. The monoisotopic (exact) mass is 185 g/mol. The van der Waals surface area contributed by atoms with E-state index < -0.39 is 17.5 Å². The summed E-state index contributed by atoms with van der Waals surface area (Å²) in [5.74, 6) is -0.977. The van der Waals surface area contributed by atoms with E-state index in [2.05, 4.69) is 6.07 Å². The standard InChI is InChI=1S/C9H15NO3/c1-7(8(11)12)13-5-4-9(2,3)6-10/h7H,4-5H2,1-3H3,(H,11,12). The van der Waals surface area contributed by atoms with Crippen molar-refractivity contribution in [3.8, 4) is 6.07 Å². The molecule has 0 aromatic rings. The van der Waals surface area contributed by atoms with Gasteiger partial charge in [0, 0.05) is 6.61 Å². The van der Waals surface area contributed by atoms with Crippen LogP contribution >= 0.6 is 0 Å². The first-order valence-electron chi connectivity index (χ1n) is 4.15. The second-order valence-electron chi connectivity index (χ2n) is 3.60. The number of nitriles is 1. The van der Waals surface area contributed by atoms with Crippen LogP contribution in [0.4, 0.5) is 0 Å². The summed E-state index contributed by atoms with van der Waals surface area (Å²) >= 11 is 0. The highest BCUT2D eigenvalue weighted by Crippen LogP contribution is 2.18. The van der Waals surface area contributed by atoms with Crippen molar-refractivity contribution in [2.45, 2.75) is 33.3 Å². The quantitative estimate of drug-likeness (QED) is 0.703. The van der Waals surface area contributed by atoms with E-state index in [1.807, 2.05) is 0 Å². The Kier molecular flexibility index (Phi) is 4.43. The van der Waals surface area contributed by atoms with Crippen LogP contribution in [0, 0.1) is 16.7 Å². The summed E-state index contributed by atoms with van der Waals surface area (Å²) in [6.07, 6.45) is -0.254. The molecule has 4 nitrogen and oxygen atoms in total. The van der Waals surface area contributed by atoms with E-state index >= 15 is 0 Å². The van der Waals surface area contributed by atoms with Gasteiger partial charge in [-0.05, 0) is 27.2 Å². The summed E-state index contributed by atoms with van der Waals surface area (Å²) in [6, 6.07) is 2.12. The summed E-state index contributed by atoms with van der Waals surface area (Å²) in [6.45, 7) is 5.36. The Bertz CT molecular complexity index is 217. The van der Waals surface area contributed by atoms with Gasteiger partial charge in [-0.25, -0.2) is 4.79 Å². The van der Waals surface area contributed by atoms with Crippen molar-refractivity contribution in [1.29, 1.82) is 5.26 Å². The molecule has 0 heterocycles. The Morgan fingerprint density at radius 2 is 2.23 bits per heavy atom. The first kappa shape index (κ1) is 11.9. The first-order chi connectivity index (χ1) is 5.89. The highest BCUT2D eigenvalue weighted by Gasteiger charge is 2.18. The van der Waals surface area contributed by atoms with Gasteiger partial charge in [-0.3, -0.25) is 0 Å². The predicted octanol–water partition coefficient (Wildman–Crippen LogP) is 1.42. The van der Waals surface area contributed by atoms with Crippen molar-refractivity contribution in [3.63, 3.8) is 0 Å². The molecule has 0 aromatic carbocycles. The molecule has 4 heteroatoms. The van der Waals surface area contributed by atoms with E-state index in [0.29, 0.717) is 13.0 Å². The Hall–Kier alpha value is -1.08. The Morgan fingerprint density at radius 3 is 2.62 bits per heavy atom. The maximum absolute atomic E-state index is 10.3. The zero-order valence-electron chi connectivity index (χ0n) is 8.20. The molecule has 0 aromatic heterocycles. The van der Waals surface area contributed by atoms with Crippen molar-refractivity contribution in [3.05, 3.63) is 0 Å². The van der Waals surface area contributed by atoms with Gasteiger partial charge in [0.2, 0.25) is 0 Å². The summed E-state index contributed by atoms with van der Waals surface area (Å²) in [5.41, 5.74) is -0.446. The van der Waals surface area contributed by atoms with Crippen LogP contribution in [0.2, 0.25) is 0 Å². The van der Waals surface area contributed by atoms with Gasteiger partial charge in [-0.15, -0.1) is 0 Å². The minimum Gasteiger partial charge on any atom is -0.479 e. The third-order valence-corrected chi connectivity index (χ3v) is 1.75. The topological polar surface area (TPSA) is 70.3 Å². The van der Waals surface area contributed by atoms with Crippen molar-refractivity contribution >= 4 is 5.97 Å². The van der Waals surface area contributed by atoms with E-state index in [-0.39, 0.29) is 0 Å². The van der Waals surface area contributed by atoms with Gasteiger partial charge in [0.15, 0.2) is 6.10 Å². The average Bonchev–Trinajstić information content (AvgIpc) is 2.04. The van der Waals surface area contributed by atoms with Crippen molar-refractivity contribution in [2.24, 2.45) is 5.41 Å². The van der Waals surface area contributed by atoms with Gasteiger partial charge >= 0.3 is 5.97 Å². The van der Waals surface area contributed by atoms with Crippen LogP contribution in [0.15, 0.2) is 0 Å². The molecule has 0 aliphatic heterocycles. The average molecular weight is 185 g/mol. The normalized spacial score (nSPS) is 13.4. The van der Waals surface area contributed by atoms with Gasteiger partial charge in [0.25, 0.3) is 0 Å². The minimum atomic E-state index is -0.977. The van der Waals surface area contributed by atoms with E-state index in [9.17, 15) is 4.79 Å². The Labute approximate surface area is 78.1 Å². The van der Waals surface area contributed by atoms with Gasteiger partial charge in [0.05, 0.1) is 11.5 Å². The number of hydrogen-bond acceptors (Lipinski definition) is 3. The van der Waals surface area contributed by atoms with Crippen molar-refractivity contribution < 1.29 is 14.6 Å². The van der Waals surface area contributed by atoms with E-state index in [0.717, 1.165) is 0 Å². The van der Waals surface area contributed by atoms with E-state index in [1.165, 1.54) is 6.92 Å². The number of ether oxygens (including phenoxy) is 1. The van der Waals surface area contributed by atoms with E-state index in [1.54, 1.807) is 13.8 Å². The number of carboxylic acids is 1. The van der Waals surface area contributed by atoms with Crippen LogP contribution in [0.1, 0.15) is 27.2 Å². The van der Waals surface area contributed by atoms with Crippen LogP contribution in [0.3, 0.4) is 0 Å². The maximum Gasteiger partial charge on any atom is 0.332 e. The molecular formula is C9H15NO3. The van der Waals surface area contributed by atoms with Gasteiger partial charge in [-0.1, -0.05) is 0 Å². The van der Waals surface area contributed by atoms with Crippen LogP contribution in [-0.2, 0) is 9.53 Å². The third-order valence-electron chi connectivity index (χ3n) is 1.75. The smallest absolute Gasteiger partial charge is 0.332 e. The molecule has 1 unspecified atom stereocenters. The summed E-state index contributed by atoms with van der Waals surface area (Å²) < 4.78 is 4.99. The fourth-order valence-corrected chi connectivity index (χ4v) is 0.618. The molecule has 1 N–H and O–H groups in total. The lowest BCUT2D eigenvalue weighted by molar-refractivity contribution is -0.149. The molecule has 74 valence electrons. The molecule has 0 aliphatic rings. The van der Waals surface area contributed by atoms with Crippen molar-refractivity contribution in [2.75, 3.05) is 6.61 Å². The zero-order chi connectivity index (χ0) is 10.5. The van der Waals surface area contributed by atoms with E-state index in [4.69, 9.17) is 15.1 Å². The van der Waals surface area contributed by atoms with Gasteiger partial charge < -0.3 is 9.84 Å². The molecular weight excluding hydrogens is 170 g/mol. The second kappa shape index (κ2) is 4.83. The zero-order valence-corrected chi connectivity index (χ0v) is 8.20. The number of nitrogens with zero attached hydrogens (tertiary/aromatic N) is 1. The lowest BCUT2D eigenvalue weighted by Crippen LogP contribution is -2.22. The van der Waals surface area contributed by atoms with Gasteiger partial charge in [-0.2, -0.15) is 5.26 Å². The highest BCUT2D eigenvalue weighted by atomic mass is 16.5. The van der Waals surface area contributed by atoms with Crippen LogP contribution in [0.25, 0.3) is 0 Å². The highest BCUT2D eigenvalue weighted by molar-refractivity contribution is 5.71. The molecule has 0 saturated heterocycles. The lowest BCUT2D eigenvalue weighted by Gasteiger charge is -2.15. The fourth-order valence-electron chi connectivity index (χ4n) is 0.618. The molecule has 0 radical (unpaired) electrons. The minimum absolute atomic E-state index is 0.300. The molecule has 1 atom stereocenters. The molecule has 0 spiro atoms. The molecule has 0 amide bonds. The molecule has 0 fully saturated rings. The molecule has 13 heavy (non-hydrogen) atoms. The Morgan fingerprint density at radius 1 is 1.69 bits per heavy atom. The molecule has 0 bridgehead atoms. The molecule has 0 rings (SSSR count). The summed E-state index contributed by atoms with van der Waals surface area (Å²) in [5, 5.41) is 17.1. The first-order valence-corrected chi connectivity index (χ1v) is 4.15. The van der Waals surface area contributed by atoms with Crippen molar-refractivity contribution in [1.82, 2.24) is 0 Å². The largest absolute Gasteiger partial charge is 0.479 e. The number of aliphatic carboxylic acids is 1. The molecule has 0 saturated carbocycles. The van der Waals surface area contributed by atoms with Crippen LogP contribution < -0.4 is 0 Å². The van der Waals surface area contributed by atoms with Gasteiger partial charge in [0.1, 0.15) is 0 Å². The van der Waals surface area contributed by atoms with Crippen LogP contribution in [-0.4, -0.2) is 23.8 Å². The fraction of sp³-hybridized carbons (Fsp3) is 0.778. The number of carboxylic acid groups (broad SMARTS) is 1. The number of hydrogen-bond donors (Lipinski definition) is 1. The predicted molar refractivity (Wildman–Crippen MR) is 47.1 cm³/mol. The summed E-state index contributed by atoms with van der Waals surface area (Å²) in [4.78, 5) is 10.3. The third kappa shape index (κ3) is 5.21. The Balaban J connectivity index is 3.70. The summed E-state index contributed by atoms with van der Waals surface area (Å²) in [7, 11) is 0. The second-order valence-corrected chi connectivity index (χ2v) is 3.60.